The molecule has 1 aromatic heterocycles. The van der Waals surface area contributed by atoms with Gasteiger partial charge in [-0.1, -0.05) is 6.07 Å². The second kappa shape index (κ2) is 6.45. The Morgan fingerprint density at radius 2 is 2.04 bits per heavy atom. The first-order valence-corrected chi connectivity index (χ1v) is 7.51. The first-order valence-electron chi connectivity index (χ1n) is 7.51. The number of aromatic nitrogens is 1. The molecule has 25 heavy (non-hydrogen) atoms. The van der Waals surface area contributed by atoms with Crippen LogP contribution in [0, 0.1) is 21.4 Å². The Morgan fingerprint density at radius 3 is 2.72 bits per heavy atom. The maximum atomic E-state index is 11.1. The lowest BCUT2D eigenvalue weighted by molar-refractivity contribution is -0.384. The maximum absolute atomic E-state index is 11.1. The quantitative estimate of drug-likeness (QED) is 0.576. The molecule has 0 bridgehead atoms. The van der Waals surface area contributed by atoms with Crippen LogP contribution < -0.4 is 10.2 Å². The van der Waals surface area contributed by atoms with Gasteiger partial charge in [0, 0.05) is 49.2 Å². The van der Waals surface area contributed by atoms with Gasteiger partial charge >= 0.3 is 0 Å². The fourth-order valence-corrected chi connectivity index (χ4v) is 2.52. The highest BCUT2D eigenvalue weighted by Gasteiger charge is 2.14. The lowest BCUT2D eigenvalue weighted by atomic mass is 10.1. The summed E-state index contributed by atoms with van der Waals surface area (Å²) >= 11 is 0. The molecule has 124 valence electrons. The molecule has 0 saturated heterocycles. The van der Waals surface area contributed by atoms with Crippen LogP contribution in [0.3, 0.4) is 0 Å². The van der Waals surface area contributed by atoms with E-state index in [0.717, 1.165) is 11.4 Å². The predicted molar refractivity (Wildman–Crippen MR) is 97.2 cm³/mol. The van der Waals surface area contributed by atoms with Crippen molar-refractivity contribution in [3.63, 3.8) is 0 Å². The fourth-order valence-electron chi connectivity index (χ4n) is 2.52. The van der Waals surface area contributed by atoms with Gasteiger partial charge in [-0.3, -0.25) is 15.1 Å². The van der Waals surface area contributed by atoms with Gasteiger partial charge in [0.1, 0.15) is 6.07 Å². The number of anilines is 3. The fraction of sp³-hybridized carbons (Fsp3) is 0.111. The summed E-state index contributed by atoms with van der Waals surface area (Å²) in [6.07, 6.45) is 1.46. The molecular formula is C18H15N5O2. The van der Waals surface area contributed by atoms with Crippen molar-refractivity contribution in [2.75, 3.05) is 24.3 Å². The summed E-state index contributed by atoms with van der Waals surface area (Å²) in [5, 5.41) is 24.2. The normalized spacial score (nSPS) is 10.3. The summed E-state index contributed by atoms with van der Waals surface area (Å²) in [4.78, 5) is 16.8. The third-order valence-corrected chi connectivity index (χ3v) is 3.81. The highest BCUT2D eigenvalue weighted by molar-refractivity contribution is 5.97. The number of non-ortho nitro benzene ring substituents is 1. The number of hydrogen-bond donors (Lipinski definition) is 1. The molecule has 0 atom stereocenters. The molecule has 0 aliphatic rings. The van der Waals surface area contributed by atoms with E-state index >= 15 is 0 Å². The van der Waals surface area contributed by atoms with E-state index < -0.39 is 4.92 Å². The van der Waals surface area contributed by atoms with Gasteiger partial charge < -0.3 is 10.2 Å². The van der Waals surface area contributed by atoms with E-state index in [1.807, 2.05) is 43.3 Å². The predicted octanol–water partition coefficient (Wildman–Crippen LogP) is 3.82. The van der Waals surface area contributed by atoms with Crippen molar-refractivity contribution in [3.8, 4) is 6.07 Å². The summed E-state index contributed by atoms with van der Waals surface area (Å²) < 4.78 is 0. The van der Waals surface area contributed by atoms with E-state index in [2.05, 4.69) is 16.4 Å². The van der Waals surface area contributed by atoms with Crippen LogP contribution >= 0.6 is 0 Å². The molecule has 0 unspecified atom stereocenters. The van der Waals surface area contributed by atoms with E-state index in [9.17, 15) is 15.4 Å². The molecule has 1 heterocycles. The maximum Gasteiger partial charge on any atom is 0.270 e. The minimum absolute atomic E-state index is 0.0468. The van der Waals surface area contributed by atoms with E-state index in [-0.39, 0.29) is 5.69 Å². The van der Waals surface area contributed by atoms with Crippen molar-refractivity contribution in [3.05, 3.63) is 64.3 Å². The van der Waals surface area contributed by atoms with Crippen molar-refractivity contribution in [2.45, 2.75) is 0 Å². The van der Waals surface area contributed by atoms with Gasteiger partial charge in [0.05, 0.1) is 21.7 Å². The van der Waals surface area contributed by atoms with Gasteiger partial charge in [-0.25, -0.2) is 0 Å². The van der Waals surface area contributed by atoms with Crippen LogP contribution in [0.2, 0.25) is 0 Å². The zero-order valence-corrected chi connectivity index (χ0v) is 13.7. The number of nitrogens with one attached hydrogen (secondary N) is 1. The first kappa shape index (κ1) is 16.2. The molecule has 0 aliphatic heterocycles. The number of pyridine rings is 1. The highest BCUT2D eigenvalue weighted by Crippen LogP contribution is 2.32. The Hall–Kier alpha value is -3.66. The topological polar surface area (TPSA) is 95.1 Å². The average molecular weight is 333 g/mol. The molecule has 0 radical (unpaired) electrons. The molecule has 0 fully saturated rings. The molecule has 3 aromatic rings. The third kappa shape index (κ3) is 3.19. The standard InChI is InChI=1S/C18H15N5O2/c1-22(2)14-5-3-4-13(8-14)21-18-12(10-19)11-20-17-7-6-15(23(24)25)9-16(17)18/h3-9,11H,1-2H3,(H,20,21). The summed E-state index contributed by atoms with van der Waals surface area (Å²) in [6, 6.07) is 14.2. The lowest BCUT2D eigenvalue weighted by Gasteiger charge is -2.16. The first-order chi connectivity index (χ1) is 12.0. The van der Waals surface area contributed by atoms with E-state index in [1.54, 1.807) is 6.07 Å². The van der Waals surface area contributed by atoms with Crippen molar-refractivity contribution in [2.24, 2.45) is 0 Å². The van der Waals surface area contributed by atoms with Crippen LogP contribution in [0.15, 0.2) is 48.7 Å². The number of nitrogens with zero attached hydrogens (tertiary/aromatic N) is 4. The molecule has 0 aliphatic carbocycles. The Morgan fingerprint density at radius 1 is 1.24 bits per heavy atom. The molecule has 7 nitrogen and oxygen atoms in total. The van der Waals surface area contributed by atoms with Crippen molar-refractivity contribution in [1.82, 2.24) is 4.98 Å². The molecule has 3 rings (SSSR count). The van der Waals surface area contributed by atoms with Gasteiger partial charge in [0.25, 0.3) is 5.69 Å². The summed E-state index contributed by atoms with van der Waals surface area (Å²) in [7, 11) is 3.87. The van der Waals surface area contributed by atoms with Crippen LogP contribution in [0.25, 0.3) is 10.9 Å². The van der Waals surface area contributed by atoms with Gasteiger partial charge in [0.15, 0.2) is 0 Å². The largest absolute Gasteiger partial charge is 0.378 e. The van der Waals surface area contributed by atoms with Crippen molar-refractivity contribution >= 4 is 33.7 Å². The van der Waals surface area contributed by atoms with Gasteiger partial charge in [0.2, 0.25) is 0 Å². The number of benzene rings is 2. The monoisotopic (exact) mass is 333 g/mol. The van der Waals surface area contributed by atoms with Crippen LogP contribution in [-0.2, 0) is 0 Å². The van der Waals surface area contributed by atoms with Crippen molar-refractivity contribution < 1.29 is 4.92 Å². The summed E-state index contributed by atoms with van der Waals surface area (Å²) in [5.41, 5.74) is 3.13. The minimum Gasteiger partial charge on any atom is -0.378 e. The molecule has 0 amide bonds. The SMILES string of the molecule is CN(C)c1cccc(Nc2c(C#N)cnc3ccc([N+](=O)[O-])cc23)c1. The smallest absolute Gasteiger partial charge is 0.270 e. The Labute approximate surface area is 144 Å². The Balaban J connectivity index is 2.16. The Bertz CT molecular complexity index is 1010. The van der Waals surface area contributed by atoms with Crippen LogP contribution in [0.4, 0.5) is 22.7 Å². The van der Waals surface area contributed by atoms with Crippen LogP contribution in [0.1, 0.15) is 5.56 Å². The zero-order valence-electron chi connectivity index (χ0n) is 13.7. The highest BCUT2D eigenvalue weighted by atomic mass is 16.6. The molecule has 0 saturated carbocycles. The second-order valence-corrected chi connectivity index (χ2v) is 5.69. The second-order valence-electron chi connectivity index (χ2n) is 5.69. The van der Waals surface area contributed by atoms with E-state index in [0.29, 0.717) is 22.2 Å². The number of nitro groups is 1. The van der Waals surface area contributed by atoms with Gasteiger partial charge in [-0.15, -0.1) is 0 Å². The minimum atomic E-state index is -0.463. The van der Waals surface area contributed by atoms with Gasteiger partial charge in [-0.2, -0.15) is 5.26 Å². The number of hydrogen-bond acceptors (Lipinski definition) is 6. The molecule has 0 spiro atoms. The number of nitriles is 1. The zero-order chi connectivity index (χ0) is 18.0. The molecular weight excluding hydrogens is 318 g/mol. The number of nitro benzene ring substituents is 1. The molecule has 2 aromatic carbocycles. The average Bonchev–Trinajstić information content (AvgIpc) is 2.61. The molecule has 1 N–H and O–H groups in total. The van der Waals surface area contributed by atoms with Crippen LogP contribution in [0.5, 0.6) is 0 Å². The lowest BCUT2D eigenvalue weighted by Crippen LogP contribution is -2.08. The number of rotatable bonds is 4. The Kier molecular flexibility index (Phi) is 4.18. The summed E-state index contributed by atoms with van der Waals surface area (Å²) in [5.74, 6) is 0. The number of fused-ring (bicyclic) bond motifs is 1. The van der Waals surface area contributed by atoms with Gasteiger partial charge in [-0.05, 0) is 24.3 Å². The van der Waals surface area contributed by atoms with E-state index in [1.165, 1.54) is 18.3 Å². The third-order valence-electron chi connectivity index (χ3n) is 3.81. The summed E-state index contributed by atoms with van der Waals surface area (Å²) in [6.45, 7) is 0. The molecule has 7 heteroatoms. The van der Waals surface area contributed by atoms with E-state index in [4.69, 9.17) is 0 Å². The van der Waals surface area contributed by atoms with Crippen molar-refractivity contribution in [1.29, 1.82) is 5.26 Å². The van der Waals surface area contributed by atoms with Crippen LogP contribution in [-0.4, -0.2) is 24.0 Å².